The zero-order valence-electron chi connectivity index (χ0n) is 15.3. The van der Waals surface area contributed by atoms with Gasteiger partial charge < -0.3 is 14.8 Å². The van der Waals surface area contributed by atoms with Gasteiger partial charge in [-0.1, -0.05) is 6.07 Å². The molecule has 0 atom stereocenters. The van der Waals surface area contributed by atoms with Gasteiger partial charge in [0.05, 0.1) is 31.5 Å². The van der Waals surface area contributed by atoms with Crippen molar-refractivity contribution in [2.45, 2.75) is 13.3 Å². The van der Waals surface area contributed by atoms with E-state index in [4.69, 9.17) is 9.47 Å². The number of methoxy groups -OCH3 is 1. The summed E-state index contributed by atoms with van der Waals surface area (Å²) >= 11 is 1.50. The second-order valence-electron chi connectivity index (χ2n) is 5.79. The fourth-order valence-corrected chi connectivity index (χ4v) is 3.47. The first kappa shape index (κ1) is 18.8. The van der Waals surface area contributed by atoms with Gasteiger partial charge in [-0.05, 0) is 43.3 Å². The number of nitrogens with zero attached hydrogens (tertiary/aromatic N) is 2. The Morgan fingerprint density at radius 3 is 2.63 bits per heavy atom. The Labute approximate surface area is 162 Å². The van der Waals surface area contributed by atoms with Crippen LogP contribution in [0.15, 0.2) is 48.7 Å². The van der Waals surface area contributed by atoms with Crippen LogP contribution in [-0.2, 0) is 11.2 Å². The van der Waals surface area contributed by atoms with Crippen molar-refractivity contribution in [3.63, 3.8) is 0 Å². The van der Waals surface area contributed by atoms with E-state index in [9.17, 15) is 4.79 Å². The van der Waals surface area contributed by atoms with Gasteiger partial charge in [-0.2, -0.15) is 0 Å². The molecule has 7 heteroatoms. The fourth-order valence-electron chi connectivity index (χ4n) is 2.43. The minimum Gasteiger partial charge on any atom is -0.497 e. The van der Waals surface area contributed by atoms with Crippen molar-refractivity contribution in [2.75, 3.05) is 20.3 Å². The molecule has 2 heterocycles. The smallest absolute Gasteiger partial charge is 0.225 e. The molecule has 1 aromatic carbocycles. The number of carbonyl (C=O) groups is 1. The molecule has 0 radical (unpaired) electrons. The molecule has 0 aliphatic rings. The highest BCUT2D eigenvalue weighted by atomic mass is 32.1. The van der Waals surface area contributed by atoms with Crippen LogP contribution in [0.2, 0.25) is 0 Å². The first-order valence-corrected chi connectivity index (χ1v) is 9.38. The minimum atomic E-state index is -0.0485. The summed E-state index contributed by atoms with van der Waals surface area (Å²) in [4.78, 5) is 22.0. The average molecular weight is 383 g/mol. The Morgan fingerprint density at radius 1 is 1.15 bits per heavy atom. The van der Waals surface area contributed by atoms with E-state index >= 15 is 0 Å². The summed E-state index contributed by atoms with van der Waals surface area (Å²) in [5, 5.41) is 3.71. The molecule has 0 spiro atoms. The zero-order chi connectivity index (χ0) is 19.1. The lowest BCUT2D eigenvalue weighted by Gasteiger charge is -2.08. The number of pyridine rings is 1. The number of thiazole rings is 1. The Morgan fingerprint density at radius 2 is 1.93 bits per heavy atom. The van der Waals surface area contributed by atoms with E-state index in [1.54, 1.807) is 13.3 Å². The van der Waals surface area contributed by atoms with Crippen LogP contribution in [0.4, 0.5) is 0 Å². The number of ether oxygens (including phenoxy) is 2. The SMILES string of the molecule is COc1ccc(OCCNC(=O)Cc2sc(-c3ccccn3)nc2C)cc1. The second-order valence-corrected chi connectivity index (χ2v) is 6.88. The van der Waals surface area contributed by atoms with Crippen molar-refractivity contribution < 1.29 is 14.3 Å². The van der Waals surface area contributed by atoms with E-state index in [0.717, 1.165) is 32.8 Å². The molecule has 2 aromatic heterocycles. The predicted octanol–water partition coefficient (Wildman–Crippen LogP) is 3.26. The van der Waals surface area contributed by atoms with Crippen LogP contribution in [0, 0.1) is 6.92 Å². The molecule has 27 heavy (non-hydrogen) atoms. The lowest BCUT2D eigenvalue weighted by atomic mass is 10.3. The van der Waals surface area contributed by atoms with Gasteiger partial charge in [0.2, 0.25) is 5.91 Å². The van der Waals surface area contributed by atoms with Crippen molar-refractivity contribution in [1.82, 2.24) is 15.3 Å². The normalized spacial score (nSPS) is 10.4. The molecule has 0 aliphatic carbocycles. The minimum absolute atomic E-state index is 0.0485. The lowest BCUT2D eigenvalue weighted by molar-refractivity contribution is -0.120. The maximum Gasteiger partial charge on any atom is 0.225 e. The van der Waals surface area contributed by atoms with Gasteiger partial charge in [0.25, 0.3) is 0 Å². The second kappa shape index (κ2) is 9.14. The standard InChI is InChI=1S/C20H21N3O3S/c1-14-18(27-20(23-14)17-5-3-4-10-21-17)13-19(24)22-11-12-26-16-8-6-15(25-2)7-9-16/h3-10H,11-13H2,1-2H3,(H,22,24). The Hall–Kier alpha value is -2.93. The van der Waals surface area contributed by atoms with Crippen LogP contribution in [0.25, 0.3) is 10.7 Å². The van der Waals surface area contributed by atoms with Crippen LogP contribution in [0.1, 0.15) is 10.6 Å². The van der Waals surface area contributed by atoms with Crippen LogP contribution in [0.3, 0.4) is 0 Å². The van der Waals surface area contributed by atoms with Crippen molar-refractivity contribution in [3.8, 4) is 22.2 Å². The third kappa shape index (κ3) is 5.27. The summed E-state index contributed by atoms with van der Waals surface area (Å²) in [7, 11) is 1.62. The highest BCUT2D eigenvalue weighted by Gasteiger charge is 2.13. The van der Waals surface area contributed by atoms with Gasteiger partial charge in [-0.15, -0.1) is 11.3 Å². The van der Waals surface area contributed by atoms with Crippen LogP contribution < -0.4 is 14.8 Å². The van der Waals surface area contributed by atoms with E-state index in [1.807, 2.05) is 49.4 Å². The largest absolute Gasteiger partial charge is 0.497 e. The highest BCUT2D eigenvalue weighted by Crippen LogP contribution is 2.26. The molecular formula is C20H21N3O3S. The predicted molar refractivity (Wildman–Crippen MR) is 105 cm³/mol. The van der Waals surface area contributed by atoms with Gasteiger partial charge in [-0.3, -0.25) is 9.78 Å². The Kier molecular flexibility index (Phi) is 6.38. The number of hydrogen-bond acceptors (Lipinski definition) is 6. The molecule has 0 unspecified atom stereocenters. The quantitative estimate of drug-likeness (QED) is 0.605. The summed E-state index contributed by atoms with van der Waals surface area (Å²) in [5.41, 5.74) is 1.69. The molecule has 3 aromatic rings. The summed E-state index contributed by atoms with van der Waals surface area (Å²) in [6.07, 6.45) is 2.04. The molecule has 0 saturated heterocycles. The number of amides is 1. The third-order valence-electron chi connectivity index (χ3n) is 3.85. The van der Waals surface area contributed by atoms with Gasteiger partial charge in [0, 0.05) is 11.1 Å². The fraction of sp³-hybridized carbons (Fsp3) is 0.250. The average Bonchev–Trinajstić information content (AvgIpc) is 3.07. The number of rotatable bonds is 8. The first-order valence-electron chi connectivity index (χ1n) is 8.57. The number of carbonyl (C=O) groups excluding carboxylic acids is 1. The zero-order valence-corrected chi connectivity index (χ0v) is 16.1. The maximum atomic E-state index is 12.2. The van der Waals surface area contributed by atoms with E-state index in [0.29, 0.717) is 19.6 Å². The van der Waals surface area contributed by atoms with Crippen molar-refractivity contribution in [2.24, 2.45) is 0 Å². The number of aryl methyl sites for hydroxylation is 1. The van der Waals surface area contributed by atoms with Gasteiger partial charge >= 0.3 is 0 Å². The van der Waals surface area contributed by atoms with E-state index in [-0.39, 0.29) is 5.91 Å². The first-order chi connectivity index (χ1) is 13.2. The highest BCUT2D eigenvalue weighted by molar-refractivity contribution is 7.15. The summed E-state index contributed by atoms with van der Waals surface area (Å²) in [5.74, 6) is 1.47. The Balaban J connectivity index is 1.46. The maximum absolute atomic E-state index is 12.2. The molecule has 1 N–H and O–H groups in total. The molecule has 6 nitrogen and oxygen atoms in total. The number of hydrogen-bond donors (Lipinski definition) is 1. The number of aromatic nitrogens is 2. The van der Waals surface area contributed by atoms with Crippen molar-refractivity contribution in [1.29, 1.82) is 0 Å². The molecule has 1 amide bonds. The molecule has 0 fully saturated rings. The van der Waals surface area contributed by atoms with Gasteiger partial charge in [-0.25, -0.2) is 4.98 Å². The van der Waals surface area contributed by atoms with Crippen LogP contribution in [0.5, 0.6) is 11.5 Å². The van der Waals surface area contributed by atoms with Crippen molar-refractivity contribution in [3.05, 3.63) is 59.2 Å². The molecule has 0 aliphatic heterocycles. The van der Waals surface area contributed by atoms with E-state index in [1.165, 1.54) is 11.3 Å². The third-order valence-corrected chi connectivity index (χ3v) is 5.03. The lowest BCUT2D eigenvalue weighted by Crippen LogP contribution is -2.29. The summed E-state index contributed by atoms with van der Waals surface area (Å²) in [6, 6.07) is 13.0. The monoisotopic (exact) mass is 383 g/mol. The van der Waals surface area contributed by atoms with E-state index < -0.39 is 0 Å². The number of nitrogens with one attached hydrogen (secondary N) is 1. The Bertz CT molecular complexity index is 879. The summed E-state index contributed by atoms with van der Waals surface area (Å²) < 4.78 is 10.7. The van der Waals surface area contributed by atoms with Crippen LogP contribution in [-0.4, -0.2) is 36.1 Å². The van der Waals surface area contributed by atoms with Crippen molar-refractivity contribution >= 4 is 17.2 Å². The van der Waals surface area contributed by atoms with E-state index in [2.05, 4.69) is 15.3 Å². The molecule has 3 rings (SSSR count). The molecule has 140 valence electrons. The van der Waals surface area contributed by atoms with Crippen LogP contribution >= 0.6 is 11.3 Å². The molecule has 0 bridgehead atoms. The molecule has 0 saturated carbocycles. The number of benzene rings is 1. The summed E-state index contributed by atoms with van der Waals surface area (Å²) in [6.45, 7) is 2.76. The topological polar surface area (TPSA) is 73.3 Å². The van der Waals surface area contributed by atoms with Gasteiger partial charge in [0.15, 0.2) is 0 Å². The molecular weight excluding hydrogens is 362 g/mol. The van der Waals surface area contributed by atoms with Gasteiger partial charge in [0.1, 0.15) is 23.1 Å².